The monoisotopic (exact) mass is 598 g/mol. The molecule has 0 saturated heterocycles. The molecule has 46 heavy (non-hydrogen) atoms. The summed E-state index contributed by atoms with van der Waals surface area (Å²) in [4.78, 5) is 37.1. The summed E-state index contributed by atoms with van der Waals surface area (Å²) in [5.74, 6) is -0.531. The normalized spacial score (nSPS) is 11.0. The third kappa shape index (κ3) is 5.84. The summed E-state index contributed by atoms with van der Waals surface area (Å²) in [5, 5.41) is 7.57. The largest absolute Gasteiger partial charge is 0.322 e. The number of hydrogen-bond acceptors (Lipinski definition) is 4. The molecule has 222 valence electrons. The number of fused-ring (bicyclic) bond motifs is 2. The summed E-state index contributed by atoms with van der Waals surface area (Å²) in [6.45, 7) is 4.07. The number of carbonyl (C=O) groups excluding carboxylic acids is 2. The van der Waals surface area contributed by atoms with Gasteiger partial charge in [-0.2, -0.15) is 0 Å². The van der Waals surface area contributed by atoms with Crippen LogP contribution in [-0.4, -0.2) is 21.8 Å². The molecule has 0 bridgehead atoms. The van der Waals surface area contributed by atoms with E-state index in [1.54, 1.807) is 24.3 Å². The molecule has 2 N–H and O–H groups in total. The molecule has 0 radical (unpaired) electrons. The van der Waals surface area contributed by atoms with E-state index in [0.717, 1.165) is 55.4 Å². The molecule has 0 aliphatic carbocycles. The van der Waals surface area contributed by atoms with Gasteiger partial charge in [0.15, 0.2) is 0 Å². The Morgan fingerprint density at radius 1 is 0.478 bits per heavy atom. The third-order valence-electron chi connectivity index (χ3n) is 7.99. The number of pyridine rings is 2. The van der Waals surface area contributed by atoms with Gasteiger partial charge in [0.1, 0.15) is 0 Å². The summed E-state index contributed by atoms with van der Waals surface area (Å²) < 4.78 is 0. The van der Waals surface area contributed by atoms with Crippen molar-refractivity contribution in [2.24, 2.45) is 0 Å². The van der Waals surface area contributed by atoms with E-state index in [2.05, 4.69) is 10.6 Å². The number of nitrogens with one attached hydrogen (secondary N) is 2. The van der Waals surface area contributed by atoms with Gasteiger partial charge < -0.3 is 10.6 Å². The molecule has 0 spiro atoms. The van der Waals surface area contributed by atoms with Gasteiger partial charge in [0, 0.05) is 33.3 Å². The predicted octanol–water partition coefficient (Wildman–Crippen LogP) is 9.24. The Morgan fingerprint density at radius 2 is 0.891 bits per heavy atom. The van der Waals surface area contributed by atoms with Crippen molar-refractivity contribution in [2.75, 3.05) is 10.6 Å². The highest BCUT2D eigenvalue weighted by molar-refractivity contribution is 6.15. The molecule has 0 aliphatic heterocycles. The molecular formula is C40H30N4O2. The zero-order valence-corrected chi connectivity index (χ0v) is 25.4. The van der Waals surface area contributed by atoms with Crippen LogP contribution in [0.2, 0.25) is 0 Å². The van der Waals surface area contributed by atoms with Gasteiger partial charge in [0.05, 0.1) is 33.5 Å². The fourth-order valence-electron chi connectivity index (χ4n) is 5.54. The number of aromatic nitrogens is 2. The van der Waals surface area contributed by atoms with E-state index in [0.29, 0.717) is 22.5 Å². The van der Waals surface area contributed by atoms with Crippen molar-refractivity contribution >= 4 is 45.0 Å². The Bertz CT molecular complexity index is 2100. The topological polar surface area (TPSA) is 84.0 Å². The van der Waals surface area contributed by atoms with Crippen LogP contribution in [0.15, 0.2) is 133 Å². The maximum absolute atomic E-state index is 13.7. The Balaban J connectivity index is 1.17. The Morgan fingerprint density at radius 3 is 1.33 bits per heavy atom. The quantitative estimate of drug-likeness (QED) is 0.200. The second-order valence-electron chi connectivity index (χ2n) is 11.4. The van der Waals surface area contributed by atoms with Crippen molar-refractivity contribution in [3.8, 4) is 22.5 Å². The molecule has 0 saturated carbocycles. The Labute approximate surface area is 266 Å². The van der Waals surface area contributed by atoms with Gasteiger partial charge in [-0.25, -0.2) is 9.97 Å². The molecule has 2 heterocycles. The van der Waals surface area contributed by atoms with Crippen LogP contribution in [0.3, 0.4) is 0 Å². The first-order valence-electron chi connectivity index (χ1n) is 15.1. The molecule has 7 aromatic rings. The number of aryl methyl sites for hydroxylation is 2. The maximum Gasteiger partial charge on any atom is 0.256 e. The zero-order chi connectivity index (χ0) is 31.6. The van der Waals surface area contributed by atoms with E-state index < -0.39 is 0 Å². The molecular weight excluding hydrogens is 568 g/mol. The first-order valence-corrected chi connectivity index (χ1v) is 15.1. The van der Waals surface area contributed by atoms with E-state index >= 15 is 0 Å². The van der Waals surface area contributed by atoms with E-state index in [4.69, 9.17) is 9.97 Å². The lowest BCUT2D eigenvalue weighted by Gasteiger charge is -2.13. The number of nitrogens with zero attached hydrogens (tertiary/aromatic N) is 2. The first kappa shape index (κ1) is 28.6. The fourth-order valence-corrected chi connectivity index (χ4v) is 5.54. The van der Waals surface area contributed by atoms with Gasteiger partial charge in [0.2, 0.25) is 0 Å². The van der Waals surface area contributed by atoms with Crippen molar-refractivity contribution in [1.82, 2.24) is 9.97 Å². The van der Waals surface area contributed by atoms with Crippen LogP contribution in [-0.2, 0) is 0 Å². The minimum Gasteiger partial charge on any atom is -0.322 e. The standard InChI is InChI=1S/C40H30N4O2/c1-25-14-18-27(19-15-25)37-23-33(31-10-3-5-12-35(31)43-37)39(45)41-29-8-7-9-30(22-29)42-40(46)34-24-38(28-20-16-26(2)17-21-28)44-36-13-6-4-11-32(34)36/h3-24H,1-2H3,(H,41,45)(H,42,46). The lowest BCUT2D eigenvalue weighted by molar-refractivity contribution is 0.102. The second-order valence-corrected chi connectivity index (χ2v) is 11.4. The average molecular weight is 599 g/mol. The molecule has 6 heteroatoms. The Hall–Kier alpha value is -6.14. The summed E-state index contributed by atoms with van der Waals surface area (Å²) in [6, 6.07) is 42.2. The van der Waals surface area contributed by atoms with Gasteiger partial charge >= 0.3 is 0 Å². The number of rotatable bonds is 6. The average Bonchev–Trinajstić information content (AvgIpc) is 3.08. The minimum absolute atomic E-state index is 0.265. The molecule has 5 aromatic carbocycles. The van der Waals surface area contributed by atoms with Crippen molar-refractivity contribution in [2.45, 2.75) is 13.8 Å². The van der Waals surface area contributed by atoms with Gasteiger partial charge in [-0.15, -0.1) is 0 Å². The van der Waals surface area contributed by atoms with Gasteiger partial charge in [-0.05, 0) is 56.3 Å². The Kier molecular flexibility index (Phi) is 7.53. The molecule has 2 amide bonds. The van der Waals surface area contributed by atoms with Gasteiger partial charge in [-0.3, -0.25) is 9.59 Å². The zero-order valence-electron chi connectivity index (χ0n) is 25.4. The number of para-hydroxylation sites is 2. The molecule has 6 nitrogen and oxygen atoms in total. The van der Waals surface area contributed by atoms with E-state index in [-0.39, 0.29) is 11.8 Å². The molecule has 0 atom stereocenters. The third-order valence-corrected chi connectivity index (χ3v) is 7.99. The summed E-state index contributed by atoms with van der Waals surface area (Å²) in [5.41, 5.74) is 9.23. The highest BCUT2D eigenvalue weighted by Crippen LogP contribution is 2.28. The van der Waals surface area contributed by atoms with Gasteiger partial charge in [-0.1, -0.05) is 102 Å². The molecule has 0 fully saturated rings. The van der Waals surface area contributed by atoms with Crippen LogP contribution < -0.4 is 10.6 Å². The highest BCUT2D eigenvalue weighted by atomic mass is 16.2. The summed E-state index contributed by atoms with van der Waals surface area (Å²) in [7, 11) is 0. The lowest BCUT2D eigenvalue weighted by atomic mass is 10.0. The van der Waals surface area contributed by atoms with Crippen LogP contribution in [0.25, 0.3) is 44.3 Å². The maximum atomic E-state index is 13.7. The second kappa shape index (κ2) is 12.1. The lowest BCUT2D eigenvalue weighted by Crippen LogP contribution is -2.15. The minimum atomic E-state index is -0.265. The van der Waals surface area contributed by atoms with Crippen LogP contribution in [0.5, 0.6) is 0 Å². The van der Waals surface area contributed by atoms with Crippen LogP contribution in [0.4, 0.5) is 11.4 Å². The molecule has 0 unspecified atom stereocenters. The van der Waals surface area contributed by atoms with Crippen molar-refractivity contribution < 1.29 is 9.59 Å². The van der Waals surface area contributed by atoms with Crippen LogP contribution >= 0.6 is 0 Å². The van der Waals surface area contributed by atoms with Crippen molar-refractivity contribution in [3.05, 3.63) is 156 Å². The van der Waals surface area contributed by atoms with Crippen LogP contribution in [0.1, 0.15) is 31.8 Å². The van der Waals surface area contributed by atoms with Gasteiger partial charge in [0.25, 0.3) is 11.8 Å². The number of benzene rings is 5. The molecule has 2 aromatic heterocycles. The van der Waals surface area contributed by atoms with Crippen molar-refractivity contribution in [1.29, 1.82) is 0 Å². The summed E-state index contributed by atoms with van der Waals surface area (Å²) >= 11 is 0. The smallest absolute Gasteiger partial charge is 0.256 e. The van der Waals surface area contributed by atoms with Crippen LogP contribution in [0, 0.1) is 13.8 Å². The van der Waals surface area contributed by atoms with E-state index in [1.807, 2.05) is 123 Å². The summed E-state index contributed by atoms with van der Waals surface area (Å²) in [6.07, 6.45) is 0. The fraction of sp³-hybridized carbons (Fsp3) is 0.0500. The van der Waals surface area contributed by atoms with E-state index in [1.165, 1.54) is 0 Å². The van der Waals surface area contributed by atoms with E-state index in [9.17, 15) is 9.59 Å². The predicted molar refractivity (Wildman–Crippen MR) is 186 cm³/mol. The SMILES string of the molecule is Cc1ccc(-c2cc(C(=O)Nc3cccc(NC(=O)c4cc(-c5ccc(C)cc5)nc5ccccc45)c3)c3ccccc3n2)cc1. The molecule has 0 aliphatic rings. The number of anilines is 2. The highest BCUT2D eigenvalue weighted by Gasteiger charge is 2.17. The number of amides is 2. The molecule has 7 rings (SSSR count). The number of carbonyl (C=O) groups is 2. The first-order chi connectivity index (χ1) is 22.4. The number of hydrogen-bond donors (Lipinski definition) is 2. The van der Waals surface area contributed by atoms with Crippen molar-refractivity contribution in [3.63, 3.8) is 0 Å².